The van der Waals surface area contributed by atoms with Crippen LogP contribution in [0.1, 0.15) is 79.1 Å². The summed E-state index contributed by atoms with van der Waals surface area (Å²) in [4.78, 5) is 17.1. The molecule has 1 aromatic carbocycles. The minimum absolute atomic E-state index is 0.000418. The molecule has 2 aromatic rings. The highest BCUT2D eigenvalue weighted by Gasteiger charge is 2.37. The minimum Gasteiger partial charge on any atom is -0.456 e. The molecule has 0 N–H and O–H groups in total. The molecular weight excluding hydrogens is 396 g/mol. The molecule has 32 heavy (non-hydrogen) atoms. The van der Waals surface area contributed by atoms with Crippen LogP contribution < -0.4 is 0 Å². The second-order valence-electron chi connectivity index (χ2n) is 10.9. The number of fused-ring (bicyclic) bond motifs is 1. The summed E-state index contributed by atoms with van der Waals surface area (Å²) in [6.45, 7) is 19.6. The van der Waals surface area contributed by atoms with Gasteiger partial charge in [0.15, 0.2) is 5.76 Å². The molecule has 172 valence electrons. The van der Waals surface area contributed by atoms with E-state index in [1.54, 1.807) is 0 Å². The Labute approximate surface area is 193 Å². The molecule has 1 amide bonds. The van der Waals surface area contributed by atoms with Crippen LogP contribution in [0.5, 0.6) is 0 Å². The van der Waals surface area contributed by atoms with Crippen molar-refractivity contribution in [1.29, 1.82) is 0 Å². The molecule has 2 aliphatic rings. The van der Waals surface area contributed by atoms with Crippen molar-refractivity contribution in [2.75, 3.05) is 32.7 Å². The lowest BCUT2D eigenvalue weighted by Gasteiger charge is -2.42. The summed E-state index contributed by atoms with van der Waals surface area (Å²) in [6, 6.07) is 8.60. The summed E-state index contributed by atoms with van der Waals surface area (Å²) in [5.74, 6) is 1.31. The Morgan fingerprint density at radius 3 is 2.28 bits per heavy atom. The SMILES string of the molecule is C=CCN1CCN(C(=O)c2ccc(Cc3cc4c(cc3C)C(C)(C)CCC4(C)C)o2)CC1. The van der Waals surface area contributed by atoms with Crippen molar-refractivity contribution < 1.29 is 9.21 Å². The van der Waals surface area contributed by atoms with Crippen LogP contribution in [0, 0.1) is 6.92 Å². The molecular formula is C28H38N2O2. The maximum atomic E-state index is 12.9. The normalized spacial score (nSPS) is 20.1. The van der Waals surface area contributed by atoms with E-state index < -0.39 is 0 Å². The van der Waals surface area contributed by atoms with Gasteiger partial charge in [0.2, 0.25) is 0 Å². The highest BCUT2D eigenvalue weighted by Crippen LogP contribution is 2.46. The van der Waals surface area contributed by atoms with Crippen molar-refractivity contribution in [3.8, 4) is 0 Å². The van der Waals surface area contributed by atoms with Crippen LogP contribution in [0.2, 0.25) is 0 Å². The van der Waals surface area contributed by atoms with Gasteiger partial charge in [0.1, 0.15) is 5.76 Å². The Morgan fingerprint density at radius 1 is 1.03 bits per heavy atom. The lowest BCUT2D eigenvalue weighted by atomic mass is 9.62. The number of hydrogen-bond acceptors (Lipinski definition) is 3. The van der Waals surface area contributed by atoms with Crippen LogP contribution in [-0.2, 0) is 17.3 Å². The molecule has 2 heterocycles. The lowest BCUT2D eigenvalue weighted by molar-refractivity contribution is 0.0617. The van der Waals surface area contributed by atoms with Crippen molar-refractivity contribution in [2.24, 2.45) is 0 Å². The number of piperazine rings is 1. The van der Waals surface area contributed by atoms with Gasteiger partial charge in [-0.1, -0.05) is 45.9 Å². The summed E-state index contributed by atoms with van der Waals surface area (Å²) < 4.78 is 6.05. The second kappa shape index (κ2) is 8.55. The topological polar surface area (TPSA) is 36.7 Å². The number of aryl methyl sites for hydroxylation is 1. The quantitative estimate of drug-likeness (QED) is 0.586. The highest BCUT2D eigenvalue weighted by molar-refractivity contribution is 5.91. The van der Waals surface area contributed by atoms with E-state index in [9.17, 15) is 4.79 Å². The van der Waals surface area contributed by atoms with Gasteiger partial charge in [-0.3, -0.25) is 9.69 Å². The molecule has 0 saturated carbocycles. The van der Waals surface area contributed by atoms with E-state index in [0.717, 1.165) is 44.9 Å². The second-order valence-corrected chi connectivity index (χ2v) is 10.9. The van der Waals surface area contributed by atoms with E-state index in [4.69, 9.17) is 4.42 Å². The molecule has 4 nitrogen and oxygen atoms in total. The van der Waals surface area contributed by atoms with Crippen molar-refractivity contribution >= 4 is 5.91 Å². The molecule has 4 heteroatoms. The van der Waals surface area contributed by atoms with Crippen LogP contribution >= 0.6 is 0 Å². The number of nitrogens with zero attached hydrogens (tertiary/aromatic N) is 2. The van der Waals surface area contributed by atoms with E-state index in [2.05, 4.69) is 58.2 Å². The fourth-order valence-electron chi connectivity index (χ4n) is 5.20. The number of hydrogen-bond donors (Lipinski definition) is 0. The van der Waals surface area contributed by atoms with Gasteiger partial charge in [-0.25, -0.2) is 0 Å². The van der Waals surface area contributed by atoms with Gasteiger partial charge in [-0.05, 0) is 65.0 Å². The smallest absolute Gasteiger partial charge is 0.289 e. The van der Waals surface area contributed by atoms with E-state index in [-0.39, 0.29) is 16.7 Å². The van der Waals surface area contributed by atoms with E-state index in [0.29, 0.717) is 5.76 Å². The largest absolute Gasteiger partial charge is 0.456 e. The lowest BCUT2D eigenvalue weighted by Crippen LogP contribution is -2.48. The summed E-state index contributed by atoms with van der Waals surface area (Å²) in [5.41, 5.74) is 5.95. The van der Waals surface area contributed by atoms with Crippen molar-refractivity contribution in [1.82, 2.24) is 9.80 Å². The number of furan rings is 1. The molecule has 1 fully saturated rings. The zero-order chi connectivity index (χ0) is 23.1. The molecule has 0 spiro atoms. The molecule has 1 aliphatic carbocycles. The third-order valence-corrected chi connectivity index (χ3v) is 7.59. The van der Waals surface area contributed by atoms with E-state index in [1.165, 1.54) is 35.1 Å². The zero-order valence-corrected chi connectivity index (χ0v) is 20.5. The number of carbonyl (C=O) groups excluding carboxylic acids is 1. The standard InChI is InChI=1S/C28H38N2O2/c1-7-12-29-13-15-30(16-14-29)26(31)25-9-8-22(32-25)18-21-19-24-23(17-20(21)2)27(3,4)10-11-28(24,5)6/h7-9,17,19H,1,10-16,18H2,2-6H3. The first-order valence-electron chi connectivity index (χ1n) is 12.0. The predicted octanol–water partition coefficient (Wildman–Crippen LogP) is 5.47. The molecule has 0 unspecified atom stereocenters. The minimum atomic E-state index is -0.000418. The van der Waals surface area contributed by atoms with Gasteiger partial charge in [-0.15, -0.1) is 6.58 Å². The number of benzene rings is 1. The highest BCUT2D eigenvalue weighted by atomic mass is 16.4. The zero-order valence-electron chi connectivity index (χ0n) is 20.5. The predicted molar refractivity (Wildman–Crippen MR) is 131 cm³/mol. The number of carbonyl (C=O) groups is 1. The Kier molecular flexibility index (Phi) is 6.10. The Bertz CT molecular complexity index is 1010. The van der Waals surface area contributed by atoms with Crippen LogP contribution in [-0.4, -0.2) is 48.4 Å². The molecule has 1 aliphatic heterocycles. The van der Waals surface area contributed by atoms with Gasteiger partial charge in [-0.2, -0.15) is 0 Å². The van der Waals surface area contributed by atoms with Crippen LogP contribution in [0.3, 0.4) is 0 Å². The summed E-state index contributed by atoms with van der Waals surface area (Å²) in [6.07, 6.45) is 5.06. The number of amides is 1. The van der Waals surface area contributed by atoms with Crippen LogP contribution in [0.15, 0.2) is 41.3 Å². The Hall–Kier alpha value is -2.33. The molecule has 4 rings (SSSR count). The molecule has 0 radical (unpaired) electrons. The average molecular weight is 435 g/mol. The molecule has 0 bridgehead atoms. The summed E-state index contributed by atoms with van der Waals surface area (Å²) in [5, 5.41) is 0. The van der Waals surface area contributed by atoms with Gasteiger partial charge in [0, 0.05) is 39.1 Å². The van der Waals surface area contributed by atoms with Gasteiger partial charge < -0.3 is 9.32 Å². The van der Waals surface area contributed by atoms with Crippen LogP contribution in [0.25, 0.3) is 0 Å². The van der Waals surface area contributed by atoms with Crippen molar-refractivity contribution in [3.05, 3.63) is 70.7 Å². The van der Waals surface area contributed by atoms with Crippen molar-refractivity contribution in [3.63, 3.8) is 0 Å². The van der Waals surface area contributed by atoms with Crippen molar-refractivity contribution in [2.45, 2.75) is 64.7 Å². The Balaban J connectivity index is 1.51. The fraction of sp³-hybridized carbons (Fsp3) is 0.536. The van der Waals surface area contributed by atoms with Gasteiger partial charge in [0.05, 0.1) is 0 Å². The van der Waals surface area contributed by atoms with E-state index >= 15 is 0 Å². The fourth-order valence-corrected chi connectivity index (χ4v) is 5.20. The van der Waals surface area contributed by atoms with E-state index in [1.807, 2.05) is 23.1 Å². The van der Waals surface area contributed by atoms with Gasteiger partial charge in [0.25, 0.3) is 5.91 Å². The summed E-state index contributed by atoms with van der Waals surface area (Å²) >= 11 is 0. The third kappa shape index (κ3) is 4.43. The first-order valence-corrected chi connectivity index (χ1v) is 12.0. The molecule has 1 aromatic heterocycles. The number of rotatable bonds is 5. The van der Waals surface area contributed by atoms with Crippen LogP contribution in [0.4, 0.5) is 0 Å². The first-order chi connectivity index (χ1) is 15.1. The Morgan fingerprint density at radius 2 is 1.66 bits per heavy atom. The average Bonchev–Trinajstić information content (AvgIpc) is 3.21. The first kappa shape index (κ1) is 22.8. The molecule has 1 saturated heterocycles. The maximum Gasteiger partial charge on any atom is 0.289 e. The summed E-state index contributed by atoms with van der Waals surface area (Å²) in [7, 11) is 0. The maximum absolute atomic E-state index is 12.9. The molecule has 0 atom stereocenters. The van der Waals surface area contributed by atoms with Gasteiger partial charge >= 0.3 is 0 Å². The monoisotopic (exact) mass is 434 g/mol. The third-order valence-electron chi connectivity index (χ3n) is 7.59.